The number of benzene rings is 2. The van der Waals surface area contributed by atoms with Crippen LogP contribution in [0.1, 0.15) is 99.3 Å². The predicted octanol–water partition coefficient (Wildman–Crippen LogP) is 5.58. The minimum Gasteiger partial charge on any atom is -0.475 e. The number of carbonyl (C=O) groups is 2. The maximum Gasteiger partial charge on any atom is 0.328 e. The van der Waals surface area contributed by atoms with Crippen molar-refractivity contribution in [2.75, 3.05) is 86.8 Å². The lowest BCUT2D eigenvalue weighted by atomic mass is 9.88. The average molecular weight is 1080 g/mol. The van der Waals surface area contributed by atoms with E-state index in [9.17, 15) is 36.6 Å². The summed E-state index contributed by atoms with van der Waals surface area (Å²) in [6.07, 6.45) is 2.56. The SMILES string of the molecule is COC(=O)C1(S(=O)(=O)N2CCC(c3ccc(-c4cccc(OCC(C)O)n4)c(C)c3)CC2)CCN(C)CC1.COC(=O)C1(S(=O)(=O)N2CCC(c3ccc(-c4cccc(OCC(C)O)n4)c(C)c3)CC2)CCNCC1. The molecule has 4 aliphatic heterocycles. The van der Waals surface area contributed by atoms with Crippen molar-refractivity contribution in [1.82, 2.24) is 28.8 Å². The van der Waals surface area contributed by atoms with E-state index < -0.39 is 53.7 Å². The smallest absolute Gasteiger partial charge is 0.328 e. The van der Waals surface area contributed by atoms with Gasteiger partial charge in [-0.2, -0.15) is 0 Å². The number of aliphatic hydroxyl groups excluding tert-OH is 2. The van der Waals surface area contributed by atoms with Crippen molar-refractivity contribution in [3.05, 3.63) is 95.1 Å². The third kappa shape index (κ3) is 12.9. The van der Waals surface area contributed by atoms with Crippen molar-refractivity contribution in [3.8, 4) is 34.3 Å². The molecule has 6 heterocycles. The molecule has 0 aliphatic carbocycles. The second kappa shape index (κ2) is 24.9. The number of carbonyl (C=O) groups excluding carboxylic acids is 2. The van der Waals surface area contributed by atoms with Gasteiger partial charge in [-0.25, -0.2) is 35.4 Å². The average Bonchev–Trinajstić information content (AvgIpc) is 3.43. The largest absolute Gasteiger partial charge is 0.475 e. The Morgan fingerprint density at radius 2 is 1.01 bits per heavy atom. The van der Waals surface area contributed by atoms with E-state index in [0.717, 1.165) is 33.6 Å². The Hall–Kier alpha value is -5.06. The number of aliphatic hydroxyl groups is 2. The van der Waals surface area contributed by atoms with E-state index in [1.807, 2.05) is 50.1 Å². The van der Waals surface area contributed by atoms with Crippen molar-refractivity contribution in [2.45, 2.75) is 113 Å². The van der Waals surface area contributed by atoms with Crippen LogP contribution in [-0.4, -0.2) is 171 Å². The molecular formula is C55H76N6O12S2. The summed E-state index contributed by atoms with van der Waals surface area (Å²) in [4.78, 5) is 36.6. The van der Waals surface area contributed by atoms with Gasteiger partial charge < -0.3 is 39.4 Å². The van der Waals surface area contributed by atoms with Crippen LogP contribution in [-0.2, 0) is 39.1 Å². The monoisotopic (exact) mass is 1080 g/mol. The van der Waals surface area contributed by atoms with Gasteiger partial charge in [0.05, 0.1) is 37.8 Å². The maximum atomic E-state index is 13.8. The number of sulfonamides is 2. The van der Waals surface area contributed by atoms with E-state index in [0.29, 0.717) is 89.8 Å². The highest BCUT2D eigenvalue weighted by molar-refractivity contribution is 7.91. The molecule has 4 saturated heterocycles. The lowest BCUT2D eigenvalue weighted by molar-refractivity contribution is -0.145. The topological polar surface area (TPSA) is 227 Å². The summed E-state index contributed by atoms with van der Waals surface area (Å²) in [5.41, 5.74) is 8.08. The highest BCUT2D eigenvalue weighted by atomic mass is 32.2. The first-order valence-corrected chi connectivity index (χ1v) is 29.0. The van der Waals surface area contributed by atoms with E-state index in [1.54, 1.807) is 26.0 Å². The van der Waals surface area contributed by atoms with Gasteiger partial charge in [-0.3, -0.25) is 9.59 Å². The van der Waals surface area contributed by atoms with Gasteiger partial charge in [-0.15, -0.1) is 0 Å². The number of ether oxygens (including phenoxy) is 4. The van der Waals surface area contributed by atoms with Gasteiger partial charge in [0.1, 0.15) is 13.2 Å². The summed E-state index contributed by atoms with van der Waals surface area (Å²) < 4.78 is 75.9. The summed E-state index contributed by atoms with van der Waals surface area (Å²) in [5.74, 6) is 0.0947. The molecule has 4 fully saturated rings. The molecule has 3 N–H and O–H groups in total. The number of likely N-dealkylation sites (tertiary alicyclic amines) is 1. The Bertz CT molecular complexity index is 2820. The van der Waals surface area contributed by atoms with E-state index in [-0.39, 0.29) is 50.7 Å². The zero-order chi connectivity index (χ0) is 54.1. The summed E-state index contributed by atoms with van der Waals surface area (Å²) in [5, 5.41) is 22.1. The van der Waals surface area contributed by atoms with Gasteiger partial charge in [0.2, 0.25) is 31.8 Å². The molecule has 0 spiro atoms. The van der Waals surface area contributed by atoms with Crippen molar-refractivity contribution in [1.29, 1.82) is 0 Å². The molecule has 75 heavy (non-hydrogen) atoms. The van der Waals surface area contributed by atoms with Crippen molar-refractivity contribution in [2.24, 2.45) is 0 Å². The van der Waals surface area contributed by atoms with Crippen molar-refractivity contribution >= 4 is 32.0 Å². The van der Waals surface area contributed by atoms with Crippen LogP contribution in [0.5, 0.6) is 11.8 Å². The summed E-state index contributed by atoms with van der Waals surface area (Å²) >= 11 is 0. The maximum absolute atomic E-state index is 13.8. The molecule has 18 nitrogen and oxygen atoms in total. The lowest BCUT2D eigenvalue weighted by Crippen LogP contribution is -2.59. The molecule has 0 bridgehead atoms. The number of hydrogen-bond acceptors (Lipinski definition) is 16. The second-order valence-corrected chi connectivity index (χ2v) is 25.1. The minimum atomic E-state index is -3.86. The number of esters is 2. The fourth-order valence-corrected chi connectivity index (χ4v) is 15.2. The molecule has 4 aromatic rings. The van der Waals surface area contributed by atoms with Crippen LogP contribution in [0.25, 0.3) is 22.5 Å². The molecule has 0 radical (unpaired) electrons. The van der Waals surface area contributed by atoms with Gasteiger partial charge in [0, 0.05) is 49.4 Å². The summed E-state index contributed by atoms with van der Waals surface area (Å²) in [6, 6.07) is 23.8. The minimum absolute atomic E-state index is 0.181. The quantitative estimate of drug-likeness (QED) is 0.116. The Morgan fingerprint density at radius 3 is 1.37 bits per heavy atom. The molecule has 410 valence electrons. The normalized spacial score (nSPS) is 20.0. The highest BCUT2D eigenvalue weighted by Crippen LogP contribution is 2.40. The summed E-state index contributed by atoms with van der Waals surface area (Å²) in [6.45, 7) is 11.3. The van der Waals surface area contributed by atoms with E-state index >= 15 is 0 Å². The van der Waals surface area contributed by atoms with Gasteiger partial charge in [-0.05, 0) is 159 Å². The van der Waals surface area contributed by atoms with Crippen LogP contribution in [0.4, 0.5) is 0 Å². The van der Waals surface area contributed by atoms with Crippen LogP contribution in [0.15, 0.2) is 72.8 Å². The molecule has 2 unspecified atom stereocenters. The predicted molar refractivity (Wildman–Crippen MR) is 286 cm³/mol. The molecule has 2 aromatic carbocycles. The van der Waals surface area contributed by atoms with Crippen LogP contribution in [0, 0.1) is 13.8 Å². The number of aryl methyl sites for hydroxylation is 2. The van der Waals surface area contributed by atoms with Crippen LogP contribution >= 0.6 is 0 Å². The number of rotatable bonds is 16. The number of piperidine rings is 4. The first kappa shape index (κ1) is 57.6. The van der Waals surface area contributed by atoms with Gasteiger partial charge in [0.25, 0.3) is 0 Å². The zero-order valence-electron chi connectivity index (χ0n) is 44.5. The second-order valence-electron chi connectivity index (χ2n) is 20.6. The zero-order valence-corrected chi connectivity index (χ0v) is 46.1. The van der Waals surface area contributed by atoms with Crippen LogP contribution in [0.3, 0.4) is 0 Å². The Kier molecular flexibility index (Phi) is 19.2. The molecular weight excluding hydrogens is 1000 g/mol. The van der Waals surface area contributed by atoms with E-state index in [1.165, 1.54) is 34.0 Å². The third-order valence-corrected chi connectivity index (χ3v) is 20.5. The molecule has 0 saturated carbocycles. The van der Waals surface area contributed by atoms with Gasteiger partial charge >= 0.3 is 11.9 Å². The molecule has 2 aromatic heterocycles. The fraction of sp³-hybridized carbons (Fsp3) is 0.564. The number of nitrogens with zero attached hydrogens (tertiary/aromatic N) is 5. The van der Waals surface area contributed by atoms with Crippen LogP contribution < -0.4 is 14.8 Å². The van der Waals surface area contributed by atoms with E-state index in [2.05, 4.69) is 51.7 Å². The van der Waals surface area contributed by atoms with Gasteiger partial charge in [0.15, 0.2) is 9.49 Å². The number of hydrogen-bond donors (Lipinski definition) is 3. The molecule has 2 atom stereocenters. The van der Waals surface area contributed by atoms with Gasteiger partial charge in [-0.1, -0.05) is 48.5 Å². The van der Waals surface area contributed by atoms with E-state index in [4.69, 9.17) is 18.9 Å². The number of aromatic nitrogens is 2. The Morgan fingerprint density at radius 1 is 0.627 bits per heavy atom. The molecule has 20 heteroatoms. The summed E-state index contributed by atoms with van der Waals surface area (Å²) in [7, 11) is -3.24. The standard InChI is InChI=1S/C28H39N3O6S.C27H37N3O6S/c1-20-18-23(8-9-24(20)25-6-5-7-26(29-25)37-19-21(2)32)22-10-14-31(15-11-22)38(34,35)28(27(33)36-4)12-16-30(3)17-13-28;1-19-17-22(7-8-23(19)24-5-4-6-25(29-24)36-18-20(2)31)21-9-15-30(16-10-21)37(33,34)27(26(32)35-3)11-13-28-14-12-27/h5-9,18,21-22,32H,10-17,19H2,1-4H3;4-8,17,20-21,28,31H,9-16,18H2,1-3H3. The first-order chi connectivity index (χ1) is 35.7. The molecule has 8 rings (SSSR count). The first-order valence-electron chi connectivity index (χ1n) is 26.1. The van der Waals surface area contributed by atoms with Crippen molar-refractivity contribution in [3.63, 3.8) is 0 Å². The number of nitrogens with one attached hydrogen (secondary N) is 1. The number of methoxy groups -OCH3 is 2. The fourth-order valence-electron chi connectivity index (χ4n) is 10.8. The third-order valence-electron chi connectivity index (χ3n) is 15.3. The highest BCUT2D eigenvalue weighted by Gasteiger charge is 2.57. The molecule has 4 aliphatic rings. The number of pyridine rings is 2. The molecule has 0 amide bonds. The van der Waals surface area contributed by atoms with Crippen molar-refractivity contribution < 1.29 is 55.6 Å². The lowest BCUT2D eigenvalue weighted by Gasteiger charge is -2.42. The van der Waals surface area contributed by atoms with Crippen LogP contribution in [0.2, 0.25) is 0 Å². The Balaban J connectivity index is 0.000000219. The Labute approximate surface area is 443 Å².